The van der Waals surface area contributed by atoms with E-state index in [9.17, 15) is 15.0 Å². The molecule has 1 aliphatic heterocycles. The maximum absolute atomic E-state index is 11.4. The van der Waals surface area contributed by atoms with Crippen molar-refractivity contribution in [1.82, 2.24) is 4.90 Å². The molecule has 98 valence electrons. The molecule has 1 aliphatic rings. The van der Waals surface area contributed by atoms with E-state index < -0.39 is 17.7 Å². The molecule has 1 rings (SSSR count). The Kier molecular flexibility index (Phi) is 6.02. The number of aliphatic hydroxyl groups is 1. The third-order valence-electron chi connectivity index (χ3n) is 3.15. The molecule has 0 radical (unpaired) electrons. The number of amides is 1. The fraction of sp³-hybridized carbons (Fsp3) is 0.583. The number of nitrogens with zero attached hydrogens (tertiary/aromatic N) is 1. The van der Waals surface area contributed by atoms with Gasteiger partial charge in [-0.2, -0.15) is 0 Å². The average molecular weight is 473 g/mol. The Morgan fingerprint density at radius 1 is 1.39 bits per heavy atom. The Balaban J connectivity index is 3.14. The van der Waals surface area contributed by atoms with Crippen molar-refractivity contribution < 1.29 is 15.0 Å². The number of carbonyl (C=O) groups is 1. The molecular weight excluding hydrogens is 460 g/mol. The predicted molar refractivity (Wildman–Crippen MR) is 85.5 cm³/mol. The Labute approximate surface area is 134 Å². The van der Waals surface area contributed by atoms with E-state index in [-0.39, 0.29) is 6.04 Å². The van der Waals surface area contributed by atoms with Gasteiger partial charge in [0.05, 0.1) is 6.04 Å². The van der Waals surface area contributed by atoms with E-state index in [4.69, 9.17) is 0 Å². The Morgan fingerprint density at radius 2 is 1.94 bits per heavy atom. The number of hydrogen-bond acceptors (Lipinski definition) is 2. The summed E-state index contributed by atoms with van der Waals surface area (Å²) in [6.07, 6.45) is 1.03. The topological polar surface area (TPSA) is 60.8 Å². The van der Waals surface area contributed by atoms with E-state index in [0.717, 1.165) is 12.8 Å². The van der Waals surface area contributed by atoms with Gasteiger partial charge in [-0.3, -0.25) is 4.90 Å². The quantitative estimate of drug-likeness (QED) is 0.479. The Hall–Kier alpha value is -0.190. The molecule has 0 aromatic rings. The summed E-state index contributed by atoms with van der Waals surface area (Å²) >= 11 is 3.64. The lowest BCUT2D eigenvalue weighted by molar-refractivity contribution is 0.0454. The monoisotopic (exact) mass is 473 g/mol. The maximum Gasteiger partial charge on any atom is 0.407 e. The molecule has 0 aliphatic carbocycles. The molecule has 0 saturated carbocycles. The second-order valence-electron chi connectivity index (χ2n) is 4.05. The first kappa shape index (κ1) is 15.9. The largest absolute Gasteiger partial charge is 0.465 e. The van der Waals surface area contributed by atoms with Crippen LogP contribution in [0.15, 0.2) is 0 Å². The van der Waals surface area contributed by atoms with Crippen LogP contribution in [-0.2, 0) is 0 Å². The summed E-state index contributed by atoms with van der Waals surface area (Å²) in [6.45, 7) is 1.94. The molecule has 1 heterocycles. The van der Waals surface area contributed by atoms with E-state index >= 15 is 0 Å². The van der Waals surface area contributed by atoms with Crippen molar-refractivity contribution >= 4 is 51.3 Å². The van der Waals surface area contributed by atoms with Crippen LogP contribution in [0.4, 0.5) is 4.79 Å². The first-order valence-corrected chi connectivity index (χ1v) is 7.65. The van der Waals surface area contributed by atoms with Gasteiger partial charge in [-0.25, -0.2) is 4.79 Å². The van der Waals surface area contributed by atoms with E-state index in [2.05, 4.69) is 19.7 Å². The van der Waals surface area contributed by atoms with Gasteiger partial charge in [-0.15, -0.1) is 0 Å². The van der Waals surface area contributed by atoms with Gasteiger partial charge in [-0.05, 0) is 39.0 Å². The molecule has 0 spiro atoms. The molecule has 0 aromatic carbocycles. The maximum atomic E-state index is 11.4. The lowest BCUT2D eigenvalue weighted by Gasteiger charge is -2.32. The summed E-state index contributed by atoms with van der Waals surface area (Å²) < 4.78 is 5.21. The number of rotatable bonds is 2. The van der Waals surface area contributed by atoms with E-state index in [1.165, 1.54) is 4.90 Å². The van der Waals surface area contributed by atoms with Crippen molar-refractivity contribution in [3.63, 3.8) is 0 Å². The summed E-state index contributed by atoms with van der Waals surface area (Å²) in [6, 6.07) is -0.643. The van der Waals surface area contributed by atoms with Crippen molar-refractivity contribution in [2.75, 3.05) is 0 Å². The minimum absolute atomic E-state index is 0.0638. The third-order valence-corrected chi connectivity index (χ3v) is 3.69. The number of likely N-dealkylation sites (tertiary alicyclic amines) is 1. The molecule has 0 aromatic heterocycles. The van der Waals surface area contributed by atoms with Crippen LogP contribution in [-0.4, -0.2) is 38.9 Å². The molecule has 1 saturated heterocycles. The molecular formula is C12H13I2NO3. The Bertz CT molecular complexity index is 424. The van der Waals surface area contributed by atoms with Crippen LogP contribution >= 0.6 is 45.2 Å². The molecule has 2 N–H and O–H groups in total. The zero-order valence-electron chi connectivity index (χ0n) is 9.78. The fourth-order valence-electron chi connectivity index (χ4n) is 2.33. The molecule has 6 heteroatoms. The molecule has 1 fully saturated rings. The normalized spacial score (nSPS) is 22.8. The molecule has 4 nitrogen and oxygen atoms in total. The molecule has 2 unspecified atom stereocenters. The zero-order valence-corrected chi connectivity index (χ0v) is 14.1. The lowest BCUT2D eigenvalue weighted by Crippen LogP contribution is -2.52. The van der Waals surface area contributed by atoms with E-state index in [1.54, 1.807) is 0 Å². The summed E-state index contributed by atoms with van der Waals surface area (Å²) in [5.41, 5.74) is -1.58. The van der Waals surface area contributed by atoms with E-state index in [1.807, 2.05) is 52.1 Å². The second-order valence-corrected chi connectivity index (χ2v) is 5.13. The van der Waals surface area contributed by atoms with Crippen molar-refractivity contribution in [1.29, 1.82) is 0 Å². The van der Waals surface area contributed by atoms with Gasteiger partial charge in [0.15, 0.2) is 0 Å². The van der Waals surface area contributed by atoms with Crippen molar-refractivity contribution in [2.45, 2.75) is 43.9 Å². The predicted octanol–water partition coefficient (Wildman–Crippen LogP) is 2.43. The van der Waals surface area contributed by atoms with Gasteiger partial charge in [0, 0.05) is 51.2 Å². The van der Waals surface area contributed by atoms with Crippen molar-refractivity contribution in [2.24, 2.45) is 0 Å². The summed E-state index contributed by atoms with van der Waals surface area (Å²) in [7, 11) is 0. The van der Waals surface area contributed by atoms with Gasteiger partial charge < -0.3 is 10.2 Å². The van der Waals surface area contributed by atoms with Crippen LogP contribution in [0.2, 0.25) is 0 Å². The SMILES string of the molecule is CCC1CCC(C(O)(C#CI)C#CI)N1C(=O)O. The summed E-state index contributed by atoms with van der Waals surface area (Å²) in [5.74, 6) is 5.28. The number of hydrogen-bond donors (Lipinski definition) is 2. The Morgan fingerprint density at radius 3 is 2.33 bits per heavy atom. The van der Waals surface area contributed by atoms with E-state index in [0.29, 0.717) is 6.42 Å². The first-order valence-electron chi connectivity index (χ1n) is 5.49. The van der Waals surface area contributed by atoms with Gasteiger partial charge in [-0.1, -0.05) is 6.92 Å². The highest BCUT2D eigenvalue weighted by atomic mass is 127. The fourth-order valence-corrected chi connectivity index (χ4v) is 3.15. The summed E-state index contributed by atoms with van der Waals surface area (Å²) in [5, 5.41) is 19.8. The minimum Gasteiger partial charge on any atom is -0.465 e. The third kappa shape index (κ3) is 3.22. The molecule has 18 heavy (non-hydrogen) atoms. The highest BCUT2D eigenvalue weighted by molar-refractivity contribution is 14.1. The van der Waals surface area contributed by atoms with Gasteiger partial charge >= 0.3 is 6.09 Å². The van der Waals surface area contributed by atoms with Crippen molar-refractivity contribution in [3.8, 4) is 19.7 Å². The van der Waals surface area contributed by atoms with Gasteiger partial charge in [0.25, 0.3) is 0 Å². The number of halogens is 2. The highest BCUT2D eigenvalue weighted by Gasteiger charge is 2.47. The van der Waals surface area contributed by atoms with Crippen LogP contribution in [0.25, 0.3) is 0 Å². The zero-order chi connectivity index (χ0) is 13.8. The summed E-state index contributed by atoms with van der Waals surface area (Å²) in [4.78, 5) is 12.7. The minimum atomic E-state index is -1.58. The van der Waals surface area contributed by atoms with Crippen LogP contribution in [0, 0.1) is 19.7 Å². The van der Waals surface area contributed by atoms with Crippen LogP contribution in [0.1, 0.15) is 26.2 Å². The average Bonchev–Trinajstić information content (AvgIpc) is 2.73. The van der Waals surface area contributed by atoms with Gasteiger partial charge in [0.2, 0.25) is 5.60 Å². The molecule has 0 bridgehead atoms. The highest BCUT2D eigenvalue weighted by Crippen LogP contribution is 2.33. The smallest absolute Gasteiger partial charge is 0.407 e. The lowest BCUT2D eigenvalue weighted by atomic mass is 9.94. The molecule has 2 atom stereocenters. The van der Waals surface area contributed by atoms with Crippen molar-refractivity contribution in [3.05, 3.63) is 0 Å². The van der Waals surface area contributed by atoms with Crippen LogP contribution in [0.3, 0.4) is 0 Å². The van der Waals surface area contributed by atoms with Gasteiger partial charge in [0.1, 0.15) is 0 Å². The second kappa shape index (κ2) is 6.83. The molecule has 1 amide bonds. The standard InChI is InChI=1S/C12H13I2NO3/c1-2-9-3-4-10(15(9)11(16)17)12(18,5-7-13)6-8-14/h9-10,18H,2-4H2,1H3,(H,16,17). The van der Waals surface area contributed by atoms with Crippen LogP contribution < -0.4 is 0 Å². The first-order chi connectivity index (χ1) is 8.50. The number of carboxylic acid groups (broad SMARTS) is 1. The van der Waals surface area contributed by atoms with Crippen LogP contribution in [0.5, 0.6) is 0 Å².